The van der Waals surface area contributed by atoms with Crippen LogP contribution in [0, 0.1) is 19.3 Å². The lowest BCUT2D eigenvalue weighted by molar-refractivity contribution is -0.144. The zero-order valence-electron chi connectivity index (χ0n) is 23.7. The summed E-state index contributed by atoms with van der Waals surface area (Å²) in [6, 6.07) is 8.75. The number of carbonyl (C=O) groups excluding carboxylic acids is 4. The maximum Gasteiger partial charge on any atom is 0.408 e. The Morgan fingerprint density at radius 1 is 1.12 bits per heavy atom. The van der Waals surface area contributed by atoms with Crippen LogP contribution in [0.25, 0.3) is 0 Å². The van der Waals surface area contributed by atoms with Crippen LogP contribution in [0.1, 0.15) is 70.2 Å². The molecule has 0 saturated carbocycles. The molecule has 0 bridgehead atoms. The van der Waals surface area contributed by atoms with Gasteiger partial charge in [0.1, 0.15) is 17.7 Å². The Bertz CT molecular complexity index is 1280. The normalized spacial score (nSPS) is 13.2. The first-order valence-electron chi connectivity index (χ1n) is 12.9. The van der Waals surface area contributed by atoms with Crippen molar-refractivity contribution in [2.45, 2.75) is 78.1 Å². The Hall–Kier alpha value is -4.03. The van der Waals surface area contributed by atoms with Gasteiger partial charge in [-0.25, -0.2) is 4.79 Å². The predicted octanol–water partition coefficient (Wildman–Crippen LogP) is 4.71. The summed E-state index contributed by atoms with van der Waals surface area (Å²) in [4.78, 5) is 54.2. The number of nitrogens with zero attached hydrogens (tertiary/aromatic N) is 1. The largest absolute Gasteiger partial charge is 0.444 e. The zero-order valence-corrected chi connectivity index (χ0v) is 24.5. The summed E-state index contributed by atoms with van der Waals surface area (Å²) in [6.07, 6.45) is 4.80. The molecule has 3 atom stereocenters. The molecule has 0 spiro atoms. The molecule has 0 aromatic heterocycles. The number of benzene rings is 2. The van der Waals surface area contributed by atoms with E-state index in [1.807, 2.05) is 6.92 Å². The minimum Gasteiger partial charge on any atom is -0.444 e. The molecule has 4 amide bonds. The molecule has 10 heteroatoms. The quantitative estimate of drug-likeness (QED) is 0.357. The third kappa shape index (κ3) is 8.48. The lowest BCUT2D eigenvalue weighted by atomic mass is 9.95. The van der Waals surface area contributed by atoms with E-state index in [2.05, 4.69) is 16.6 Å². The number of hydrogen-bond donors (Lipinski definition) is 3. The van der Waals surface area contributed by atoms with Crippen molar-refractivity contribution in [3.8, 4) is 12.3 Å². The number of nitrogens with two attached hydrogens (primary N) is 1. The monoisotopic (exact) mass is 568 g/mol. The van der Waals surface area contributed by atoms with Crippen LogP contribution in [-0.2, 0) is 19.1 Å². The van der Waals surface area contributed by atoms with Gasteiger partial charge in [0.25, 0.3) is 5.91 Å². The molecule has 2 aromatic rings. The number of alkyl carbamates (subject to hydrolysis) is 1. The summed E-state index contributed by atoms with van der Waals surface area (Å²) in [5.74, 6) is 0.468. The number of nitrogens with one attached hydrogen (secondary N) is 2. The van der Waals surface area contributed by atoms with E-state index in [1.54, 1.807) is 77.1 Å². The average Bonchev–Trinajstić information content (AvgIpc) is 2.86. The highest BCUT2D eigenvalue weighted by Crippen LogP contribution is 2.32. The maximum atomic E-state index is 14.2. The van der Waals surface area contributed by atoms with Crippen LogP contribution in [0.3, 0.4) is 0 Å². The van der Waals surface area contributed by atoms with Gasteiger partial charge in [-0.2, -0.15) is 0 Å². The summed E-state index contributed by atoms with van der Waals surface area (Å²) in [7, 11) is 0. The van der Waals surface area contributed by atoms with Crippen molar-refractivity contribution in [2.75, 3.05) is 5.32 Å². The van der Waals surface area contributed by atoms with Gasteiger partial charge in [-0.1, -0.05) is 54.8 Å². The molecule has 0 fully saturated rings. The van der Waals surface area contributed by atoms with Crippen LogP contribution in [0.2, 0.25) is 5.02 Å². The van der Waals surface area contributed by atoms with Gasteiger partial charge in [0.15, 0.2) is 0 Å². The first-order chi connectivity index (χ1) is 18.7. The number of aryl methyl sites for hydroxylation is 1. The summed E-state index contributed by atoms with van der Waals surface area (Å²) >= 11 is 6.39. The second kappa shape index (κ2) is 13.9. The number of halogens is 1. The van der Waals surface area contributed by atoms with Gasteiger partial charge in [-0.05, 0) is 64.3 Å². The maximum absolute atomic E-state index is 14.2. The third-order valence-electron chi connectivity index (χ3n) is 6.12. The number of hydrogen-bond acceptors (Lipinski definition) is 5. The molecule has 0 radical (unpaired) electrons. The van der Waals surface area contributed by atoms with E-state index in [4.69, 9.17) is 28.5 Å². The molecule has 40 heavy (non-hydrogen) atoms. The molecule has 2 aromatic carbocycles. The van der Waals surface area contributed by atoms with Crippen LogP contribution in [0.4, 0.5) is 10.5 Å². The van der Waals surface area contributed by atoms with Crippen molar-refractivity contribution >= 4 is 41.1 Å². The molecular formula is C30H37ClN4O5. The molecule has 2 rings (SSSR count). The van der Waals surface area contributed by atoms with Gasteiger partial charge < -0.3 is 26.0 Å². The average molecular weight is 569 g/mol. The van der Waals surface area contributed by atoms with Gasteiger partial charge >= 0.3 is 6.09 Å². The number of para-hydroxylation sites is 1. The Labute approximate surface area is 240 Å². The molecule has 0 aliphatic heterocycles. The van der Waals surface area contributed by atoms with Crippen LogP contribution in [0.15, 0.2) is 42.5 Å². The fourth-order valence-corrected chi connectivity index (χ4v) is 4.36. The SMILES string of the molecule is C#Cc1ccccc1C(C(=O)Nc1c(C)cccc1Cl)N(C(=O)C(CC(N)=O)NC(=O)OC(C)(C)C)C(C)CC. The highest BCUT2D eigenvalue weighted by atomic mass is 35.5. The van der Waals surface area contributed by atoms with Crippen LogP contribution in [0.5, 0.6) is 0 Å². The predicted molar refractivity (Wildman–Crippen MR) is 156 cm³/mol. The lowest BCUT2D eigenvalue weighted by Gasteiger charge is -2.38. The number of primary amides is 1. The van der Waals surface area contributed by atoms with Gasteiger partial charge in [0, 0.05) is 11.6 Å². The molecule has 214 valence electrons. The van der Waals surface area contributed by atoms with Crippen molar-refractivity contribution in [3.63, 3.8) is 0 Å². The van der Waals surface area contributed by atoms with E-state index in [0.717, 1.165) is 0 Å². The highest BCUT2D eigenvalue weighted by Gasteiger charge is 2.40. The van der Waals surface area contributed by atoms with Gasteiger partial charge in [0.05, 0.1) is 17.1 Å². The van der Waals surface area contributed by atoms with Crippen molar-refractivity contribution in [1.29, 1.82) is 0 Å². The molecule has 0 saturated heterocycles. The number of ether oxygens (including phenoxy) is 1. The molecule has 0 aliphatic carbocycles. The van der Waals surface area contributed by atoms with Crippen molar-refractivity contribution in [1.82, 2.24) is 10.2 Å². The standard InChI is InChI=1S/C30H37ClN4O5/c1-8-19(4)35(28(38)23(17-24(32)36)33-29(39)40-30(5,6)7)26(21-15-11-10-14-20(21)9-2)27(37)34-25-18(3)13-12-16-22(25)31/h2,10-16,19,23,26H,8,17H2,1,3-7H3,(H2,32,36)(H,33,39)(H,34,37). The van der Waals surface area contributed by atoms with E-state index in [-0.39, 0.29) is 0 Å². The van der Waals surface area contributed by atoms with E-state index in [9.17, 15) is 19.2 Å². The minimum atomic E-state index is -1.41. The number of carbonyl (C=O) groups is 4. The highest BCUT2D eigenvalue weighted by molar-refractivity contribution is 6.34. The van der Waals surface area contributed by atoms with Crippen molar-refractivity contribution < 1.29 is 23.9 Å². The number of amides is 4. The van der Waals surface area contributed by atoms with Crippen LogP contribution in [-0.4, -0.2) is 46.4 Å². The molecule has 3 unspecified atom stereocenters. The van der Waals surface area contributed by atoms with E-state index < -0.39 is 54.0 Å². The van der Waals surface area contributed by atoms with Gasteiger partial charge in [-0.15, -0.1) is 6.42 Å². The van der Waals surface area contributed by atoms with Crippen LogP contribution >= 0.6 is 11.6 Å². The second-order valence-electron chi connectivity index (χ2n) is 10.4. The van der Waals surface area contributed by atoms with E-state index >= 15 is 0 Å². The Morgan fingerprint density at radius 3 is 2.33 bits per heavy atom. The first kappa shape index (κ1) is 32.2. The van der Waals surface area contributed by atoms with Gasteiger partial charge in [-0.3, -0.25) is 14.4 Å². The molecule has 0 heterocycles. The summed E-state index contributed by atoms with van der Waals surface area (Å²) < 4.78 is 5.31. The van der Waals surface area contributed by atoms with Crippen molar-refractivity contribution in [3.05, 3.63) is 64.2 Å². The minimum absolute atomic E-state index is 0.317. The Kier molecular flexibility index (Phi) is 11.1. The Balaban J connectivity index is 2.68. The third-order valence-corrected chi connectivity index (χ3v) is 6.44. The summed E-state index contributed by atoms with van der Waals surface area (Å²) in [5.41, 5.74) is 6.47. The van der Waals surface area contributed by atoms with Gasteiger partial charge in [0.2, 0.25) is 11.8 Å². The summed E-state index contributed by atoms with van der Waals surface area (Å²) in [6.45, 7) is 10.4. The fraction of sp³-hybridized carbons (Fsp3) is 0.400. The van der Waals surface area contributed by atoms with Crippen LogP contribution < -0.4 is 16.4 Å². The zero-order chi connectivity index (χ0) is 30.2. The smallest absolute Gasteiger partial charge is 0.408 e. The van der Waals surface area contributed by atoms with E-state index in [0.29, 0.717) is 33.8 Å². The summed E-state index contributed by atoms with van der Waals surface area (Å²) in [5, 5.41) is 5.63. The molecule has 0 aliphatic rings. The van der Waals surface area contributed by atoms with E-state index in [1.165, 1.54) is 4.90 Å². The molecule has 9 nitrogen and oxygen atoms in total. The topological polar surface area (TPSA) is 131 Å². The number of rotatable bonds is 10. The first-order valence-corrected chi connectivity index (χ1v) is 13.3. The second-order valence-corrected chi connectivity index (χ2v) is 10.8. The number of anilines is 1. The lowest BCUT2D eigenvalue weighted by Crippen LogP contribution is -2.55. The fourth-order valence-electron chi connectivity index (χ4n) is 4.09. The molecule has 4 N–H and O–H groups in total. The number of terminal acetylenes is 1. The van der Waals surface area contributed by atoms with Crippen molar-refractivity contribution in [2.24, 2.45) is 5.73 Å². The molecular weight excluding hydrogens is 532 g/mol. The Morgan fingerprint density at radius 2 is 1.77 bits per heavy atom.